The van der Waals surface area contributed by atoms with Gasteiger partial charge >= 0.3 is 13.9 Å². The van der Waals surface area contributed by atoms with Gasteiger partial charge in [0, 0.05) is 48.8 Å². The molecule has 44 heavy (non-hydrogen) atoms. The Kier molecular flexibility index (Phi) is 9.94. The van der Waals surface area contributed by atoms with Crippen molar-refractivity contribution in [3.8, 4) is 5.75 Å². The van der Waals surface area contributed by atoms with Crippen molar-refractivity contribution in [2.75, 3.05) is 25.2 Å². The Hall–Kier alpha value is -4.04. The van der Waals surface area contributed by atoms with Gasteiger partial charge in [-0.1, -0.05) is 6.07 Å². The molecule has 0 aliphatic carbocycles. The number of carbonyl (C=O) groups is 2. The number of benzene rings is 3. The molecule has 3 aromatic carbocycles. The summed E-state index contributed by atoms with van der Waals surface area (Å²) in [5.74, 6) is -6.77. The summed E-state index contributed by atoms with van der Waals surface area (Å²) in [5.41, 5.74) is -0.429. The Morgan fingerprint density at radius 1 is 0.977 bits per heavy atom. The van der Waals surface area contributed by atoms with E-state index in [2.05, 4.69) is 9.84 Å². The highest BCUT2D eigenvalue weighted by Crippen LogP contribution is 2.38. The zero-order valence-electron chi connectivity index (χ0n) is 23.3. The summed E-state index contributed by atoms with van der Waals surface area (Å²) in [6.45, 7) is -0.120. The molecule has 3 N–H and O–H groups in total. The largest absolute Gasteiger partial charge is 0.490 e. The molecule has 3 amide bonds. The van der Waals surface area contributed by atoms with E-state index in [1.165, 1.54) is 30.1 Å². The molecule has 1 aliphatic rings. The standard InChI is InChI=1S/C28H27F5N3O7P/c1-15-18-5-4-16(27(37)34-13-19-22(31)11-17(29)12-23(19)32)10-24(18)36(28(38)35(15)2)14-20-21(30)6-7-25(26(20)33)42-8-3-9-43-44(39,40)41/h4-7,10-12,15H,3,8-9,13-14H2,1-2H3,(H,34,37)(H2,39,40,41)/t15-/m0/s1. The molecular weight excluding hydrogens is 616 g/mol. The van der Waals surface area contributed by atoms with Gasteiger partial charge in [0.25, 0.3) is 5.91 Å². The molecule has 0 fully saturated rings. The molecule has 10 nitrogen and oxygen atoms in total. The van der Waals surface area contributed by atoms with Crippen LogP contribution in [-0.2, 0) is 22.2 Å². The molecule has 16 heteroatoms. The van der Waals surface area contributed by atoms with Gasteiger partial charge in [0.2, 0.25) is 0 Å². The van der Waals surface area contributed by atoms with Crippen LogP contribution >= 0.6 is 7.82 Å². The molecule has 3 aromatic rings. The second-order valence-electron chi connectivity index (χ2n) is 9.82. The number of anilines is 1. The Morgan fingerprint density at radius 2 is 1.66 bits per heavy atom. The molecule has 0 saturated heterocycles. The Morgan fingerprint density at radius 3 is 2.32 bits per heavy atom. The number of rotatable bonds is 11. The second kappa shape index (κ2) is 13.3. The number of halogens is 5. The van der Waals surface area contributed by atoms with E-state index in [1.54, 1.807) is 6.92 Å². The van der Waals surface area contributed by atoms with E-state index in [0.29, 0.717) is 17.7 Å². The summed E-state index contributed by atoms with van der Waals surface area (Å²) in [6, 6.07) is 6.03. The number of ether oxygens (including phenoxy) is 1. The maximum atomic E-state index is 15.4. The molecule has 0 radical (unpaired) electrons. The number of fused-ring (bicyclic) bond motifs is 1. The van der Waals surface area contributed by atoms with Crippen LogP contribution in [0.4, 0.5) is 32.4 Å². The predicted molar refractivity (Wildman–Crippen MR) is 146 cm³/mol. The third-order valence-corrected chi connectivity index (χ3v) is 7.47. The maximum absolute atomic E-state index is 15.4. The van der Waals surface area contributed by atoms with Crippen LogP contribution < -0.4 is 15.0 Å². The lowest BCUT2D eigenvalue weighted by Gasteiger charge is -2.39. The third-order valence-electron chi connectivity index (χ3n) is 6.95. The fourth-order valence-electron chi connectivity index (χ4n) is 4.52. The Bertz CT molecular complexity index is 1610. The number of phosphoric ester groups is 1. The lowest BCUT2D eigenvalue weighted by atomic mass is 9.98. The van der Waals surface area contributed by atoms with E-state index in [0.717, 1.165) is 17.0 Å². The molecule has 4 rings (SSSR count). The van der Waals surface area contributed by atoms with Crippen molar-refractivity contribution in [1.82, 2.24) is 10.2 Å². The minimum Gasteiger partial charge on any atom is -0.490 e. The molecule has 0 spiro atoms. The summed E-state index contributed by atoms with van der Waals surface area (Å²) in [4.78, 5) is 46.1. The first-order valence-corrected chi connectivity index (χ1v) is 14.6. The van der Waals surface area contributed by atoms with Crippen LogP contribution in [0.5, 0.6) is 5.75 Å². The van der Waals surface area contributed by atoms with Crippen LogP contribution in [0.3, 0.4) is 0 Å². The van der Waals surface area contributed by atoms with Crippen molar-refractivity contribution >= 4 is 25.4 Å². The normalized spacial score (nSPS) is 14.9. The SMILES string of the molecule is C[C@H]1c2ccc(C(=O)NCc3c(F)cc(F)cc3F)cc2N(Cc2c(F)ccc(OCCCOP(=O)(O)O)c2F)C(=O)N1C. The lowest BCUT2D eigenvalue weighted by molar-refractivity contribution is 0.0950. The van der Waals surface area contributed by atoms with Crippen LogP contribution in [0.25, 0.3) is 0 Å². The first kappa shape index (κ1) is 32.9. The molecule has 1 atom stereocenters. The van der Waals surface area contributed by atoms with Gasteiger partial charge in [-0.3, -0.25) is 14.2 Å². The minimum absolute atomic E-state index is 0.0246. The highest BCUT2D eigenvalue weighted by molar-refractivity contribution is 7.46. The summed E-state index contributed by atoms with van der Waals surface area (Å²) < 4.78 is 91.9. The van der Waals surface area contributed by atoms with E-state index in [-0.39, 0.29) is 36.6 Å². The number of urea groups is 1. The molecule has 0 unspecified atom stereocenters. The quantitative estimate of drug-likeness (QED) is 0.147. The summed E-state index contributed by atoms with van der Waals surface area (Å²) >= 11 is 0. The number of amides is 3. The van der Waals surface area contributed by atoms with Crippen molar-refractivity contribution in [1.29, 1.82) is 0 Å². The average Bonchev–Trinajstić information content (AvgIpc) is 2.95. The van der Waals surface area contributed by atoms with Gasteiger partial charge in [0.15, 0.2) is 11.6 Å². The molecular formula is C28H27F5N3O7P. The fourth-order valence-corrected chi connectivity index (χ4v) is 4.89. The highest BCUT2D eigenvalue weighted by Gasteiger charge is 2.35. The van der Waals surface area contributed by atoms with Gasteiger partial charge < -0.3 is 24.7 Å². The van der Waals surface area contributed by atoms with E-state index in [4.69, 9.17) is 14.5 Å². The van der Waals surface area contributed by atoms with Gasteiger partial charge in [-0.25, -0.2) is 31.3 Å². The van der Waals surface area contributed by atoms with Crippen molar-refractivity contribution in [3.05, 3.63) is 93.8 Å². The van der Waals surface area contributed by atoms with Crippen LogP contribution in [-0.4, -0.2) is 46.9 Å². The second-order valence-corrected chi connectivity index (χ2v) is 11.1. The van der Waals surface area contributed by atoms with Gasteiger partial charge in [-0.05, 0) is 36.8 Å². The number of phosphoric acid groups is 1. The first-order chi connectivity index (χ1) is 20.7. The van der Waals surface area contributed by atoms with E-state index in [1.807, 2.05) is 0 Å². The third kappa shape index (κ3) is 7.36. The smallest absolute Gasteiger partial charge is 0.469 e. The Balaban J connectivity index is 1.57. The minimum atomic E-state index is -4.69. The summed E-state index contributed by atoms with van der Waals surface area (Å²) in [5, 5.41) is 2.34. The van der Waals surface area contributed by atoms with Gasteiger partial charge in [-0.15, -0.1) is 0 Å². The summed E-state index contributed by atoms with van der Waals surface area (Å²) in [6.07, 6.45) is -0.0246. The first-order valence-electron chi connectivity index (χ1n) is 13.1. The highest BCUT2D eigenvalue weighted by atomic mass is 31.2. The number of hydrogen-bond acceptors (Lipinski definition) is 5. The number of hydrogen-bond donors (Lipinski definition) is 3. The number of nitrogens with one attached hydrogen (secondary N) is 1. The molecule has 1 aliphatic heterocycles. The molecule has 0 saturated carbocycles. The van der Waals surface area contributed by atoms with E-state index < -0.39 is 79.1 Å². The van der Waals surface area contributed by atoms with Crippen molar-refractivity contribution in [2.45, 2.75) is 32.5 Å². The molecule has 0 aromatic heterocycles. The molecule has 236 valence electrons. The van der Waals surface area contributed by atoms with Crippen molar-refractivity contribution < 1.29 is 55.2 Å². The van der Waals surface area contributed by atoms with Crippen LogP contribution in [0.15, 0.2) is 42.5 Å². The maximum Gasteiger partial charge on any atom is 0.469 e. The number of nitrogens with zero attached hydrogens (tertiary/aromatic N) is 2. The zero-order valence-corrected chi connectivity index (χ0v) is 24.2. The lowest BCUT2D eigenvalue weighted by Crippen LogP contribution is -2.47. The molecule has 0 bridgehead atoms. The van der Waals surface area contributed by atoms with Gasteiger partial charge in [0.1, 0.15) is 23.3 Å². The van der Waals surface area contributed by atoms with Crippen LogP contribution in [0.1, 0.15) is 46.4 Å². The van der Waals surface area contributed by atoms with Gasteiger partial charge in [0.05, 0.1) is 31.5 Å². The summed E-state index contributed by atoms with van der Waals surface area (Å²) in [7, 11) is -3.20. The molecule has 1 heterocycles. The predicted octanol–water partition coefficient (Wildman–Crippen LogP) is 5.32. The van der Waals surface area contributed by atoms with E-state index >= 15 is 4.39 Å². The van der Waals surface area contributed by atoms with Crippen molar-refractivity contribution in [3.63, 3.8) is 0 Å². The topological polar surface area (TPSA) is 129 Å². The van der Waals surface area contributed by atoms with Crippen molar-refractivity contribution in [2.24, 2.45) is 0 Å². The number of carbonyl (C=O) groups excluding carboxylic acids is 2. The average molecular weight is 644 g/mol. The Labute approximate surface area is 248 Å². The fraction of sp³-hybridized carbons (Fsp3) is 0.286. The van der Waals surface area contributed by atoms with Gasteiger partial charge in [-0.2, -0.15) is 0 Å². The monoisotopic (exact) mass is 643 g/mol. The van der Waals surface area contributed by atoms with E-state index in [9.17, 15) is 31.7 Å². The van der Waals surface area contributed by atoms with Crippen LogP contribution in [0.2, 0.25) is 0 Å². The zero-order chi connectivity index (χ0) is 32.3. The van der Waals surface area contributed by atoms with Crippen LogP contribution in [0, 0.1) is 29.1 Å².